The van der Waals surface area contributed by atoms with Crippen LogP contribution in [0.15, 0.2) is 6.07 Å². The van der Waals surface area contributed by atoms with E-state index in [2.05, 4.69) is 30.8 Å². The van der Waals surface area contributed by atoms with Gasteiger partial charge in [-0.1, -0.05) is 0 Å². The first-order valence-corrected chi connectivity index (χ1v) is 7.09. The number of aliphatic hydroxyl groups excluding tert-OH is 1. The molecule has 3 rings (SSSR count). The molecule has 20 heavy (non-hydrogen) atoms. The second kappa shape index (κ2) is 5.38. The van der Waals surface area contributed by atoms with Crippen LogP contribution in [0.3, 0.4) is 0 Å². The van der Waals surface area contributed by atoms with Crippen molar-refractivity contribution < 1.29 is 5.11 Å². The molecule has 1 fully saturated rings. The highest BCUT2D eigenvalue weighted by Gasteiger charge is 2.20. The van der Waals surface area contributed by atoms with E-state index in [0.717, 1.165) is 61.1 Å². The zero-order valence-electron chi connectivity index (χ0n) is 12.1. The molecule has 108 valence electrons. The number of hydrogen-bond donors (Lipinski definition) is 2. The maximum atomic E-state index is 9.00. The van der Waals surface area contributed by atoms with E-state index < -0.39 is 0 Å². The van der Waals surface area contributed by atoms with Crippen molar-refractivity contribution in [3.8, 4) is 0 Å². The van der Waals surface area contributed by atoms with Gasteiger partial charge >= 0.3 is 0 Å². The molecule has 1 saturated heterocycles. The van der Waals surface area contributed by atoms with Gasteiger partial charge in [-0.3, -0.25) is 4.90 Å². The number of aromatic nitrogens is 3. The summed E-state index contributed by atoms with van der Waals surface area (Å²) < 4.78 is 0. The molecule has 2 N–H and O–H groups in total. The van der Waals surface area contributed by atoms with Gasteiger partial charge in [0.1, 0.15) is 17.3 Å². The number of nitrogens with zero attached hydrogens (tertiary/aromatic N) is 4. The number of fused-ring (bicyclic) bond motifs is 1. The Bertz CT molecular complexity index is 601. The summed E-state index contributed by atoms with van der Waals surface area (Å²) in [7, 11) is 0. The smallest absolute Gasteiger partial charge is 0.143 e. The Morgan fingerprint density at radius 2 is 1.95 bits per heavy atom. The van der Waals surface area contributed by atoms with E-state index in [9.17, 15) is 0 Å². The third kappa shape index (κ3) is 2.48. The number of nitrogens with one attached hydrogen (secondary N) is 1. The van der Waals surface area contributed by atoms with Crippen LogP contribution < -0.4 is 4.90 Å². The molecule has 0 saturated carbocycles. The first-order valence-electron chi connectivity index (χ1n) is 7.09. The molecule has 2 aromatic rings. The standard InChI is InChI=1S/C14H21N5O/c1-10-9-12-13(15-10)16-11(2)17-14(12)19-5-3-18(4-6-19)7-8-20/h9,20H,3-8H2,1-2H3,(H,15,16,17). The number of piperazine rings is 1. The van der Waals surface area contributed by atoms with Gasteiger partial charge in [0, 0.05) is 38.4 Å². The lowest BCUT2D eigenvalue weighted by atomic mass is 10.2. The second-order valence-corrected chi connectivity index (χ2v) is 5.36. The molecular formula is C14H21N5O. The predicted octanol–water partition coefficient (Wildman–Crippen LogP) is 0.689. The number of β-amino-alcohol motifs (C(OH)–C–C–N with tert-alkyl or cyclic N) is 1. The molecule has 0 radical (unpaired) electrons. The lowest BCUT2D eigenvalue weighted by Gasteiger charge is -2.35. The third-order valence-electron chi connectivity index (χ3n) is 3.80. The Hall–Kier alpha value is -1.66. The molecular weight excluding hydrogens is 254 g/mol. The Morgan fingerprint density at radius 3 is 2.65 bits per heavy atom. The SMILES string of the molecule is Cc1nc(N2CCN(CCO)CC2)c2cc(C)[nH]c2n1. The summed E-state index contributed by atoms with van der Waals surface area (Å²) in [6.45, 7) is 8.78. The molecule has 6 heteroatoms. The molecule has 6 nitrogen and oxygen atoms in total. The number of anilines is 1. The van der Waals surface area contributed by atoms with E-state index in [1.165, 1.54) is 0 Å². The largest absolute Gasteiger partial charge is 0.395 e. The molecule has 0 spiro atoms. The summed E-state index contributed by atoms with van der Waals surface area (Å²) in [5, 5.41) is 10.1. The lowest BCUT2D eigenvalue weighted by Crippen LogP contribution is -2.47. The summed E-state index contributed by atoms with van der Waals surface area (Å²) in [6, 6.07) is 2.12. The van der Waals surface area contributed by atoms with Crippen LogP contribution in [0.2, 0.25) is 0 Å². The zero-order chi connectivity index (χ0) is 14.1. The molecule has 0 bridgehead atoms. The summed E-state index contributed by atoms with van der Waals surface area (Å²) in [6.07, 6.45) is 0. The fourth-order valence-corrected chi connectivity index (χ4v) is 2.80. The van der Waals surface area contributed by atoms with E-state index in [-0.39, 0.29) is 6.61 Å². The van der Waals surface area contributed by atoms with Crippen molar-refractivity contribution in [2.75, 3.05) is 44.2 Å². The first-order chi connectivity index (χ1) is 9.67. The van der Waals surface area contributed by atoms with Crippen molar-refractivity contribution in [1.82, 2.24) is 19.9 Å². The van der Waals surface area contributed by atoms with Gasteiger partial charge in [0.25, 0.3) is 0 Å². The number of hydrogen-bond acceptors (Lipinski definition) is 5. The van der Waals surface area contributed by atoms with Crippen LogP contribution in [0.4, 0.5) is 5.82 Å². The van der Waals surface area contributed by atoms with E-state index in [0.29, 0.717) is 0 Å². The third-order valence-corrected chi connectivity index (χ3v) is 3.80. The summed E-state index contributed by atoms with van der Waals surface area (Å²) in [5.41, 5.74) is 2.03. The van der Waals surface area contributed by atoms with E-state index in [1.54, 1.807) is 0 Å². The molecule has 2 aromatic heterocycles. The Labute approximate surface area is 118 Å². The van der Waals surface area contributed by atoms with Crippen LogP contribution in [-0.4, -0.2) is 64.3 Å². The average molecular weight is 275 g/mol. The van der Waals surface area contributed by atoms with Crippen LogP contribution >= 0.6 is 0 Å². The Kier molecular flexibility index (Phi) is 3.58. The Morgan fingerprint density at radius 1 is 1.20 bits per heavy atom. The quantitative estimate of drug-likeness (QED) is 0.862. The van der Waals surface area contributed by atoms with Crippen LogP contribution in [0.5, 0.6) is 0 Å². The maximum Gasteiger partial charge on any atom is 0.143 e. The van der Waals surface area contributed by atoms with Crippen molar-refractivity contribution in [2.24, 2.45) is 0 Å². The average Bonchev–Trinajstić information content (AvgIpc) is 2.79. The van der Waals surface area contributed by atoms with Gasteiger partial charge in [-0.2, -0.15) is 0 Å². The van der Waals surface area contributed by atoms with Gasteiger partial charge in [0.2, 0.25) is 0 Å². The Balaban J connectivity index is 1.87. The molecule has 3 heterocycles. The normalized spacial score (nSPS) is 17.1. The van der Waals surface area contributed by atoms with Gasteiger partial charge in [-0.15, -0.1) is 0 Å². The zero-order valence-corrected chi connectivity index (χ0v) is 12.1. The molecule has 0 atom stereocenters. The minimum absolute atomic E-state index is 0.230. The number of aromatic amines is 1. The van der Waals surface area contributed by atoms with Crippen molar-refractivity contribution in [3.05, 3.63) is 17.6 Å². The monoisotopic (exact) mass is 275 g/mol. The van der Waals surface area contributed by atoms with Gasteiger partial charge < -0.3 is 15.0 Å². The molecule has 1 aliphatic rings. The predicted molar refractivity (Wildman–Crippen MR) is 79.1 cm³/mol. The summed E-state index contributed by atoms with van der Waals surface area (Å²) in [4.78, 5) is 17.0. The molecule has 0 unspecified atom stereocenters. The number of rotatable bonds is 3. The molecule has 0 aromatic carbocycles. The highest BCUT2D eigenvalue weighted by atomic mass is 16.3. The van der Waals surface area contributed by atoms with Crippen molar-refractivity contribution in [3.63, 3.8) is 0 Å². The molecule has 0 aliphatic carbocycles. The fraction of sp³-hybridized carbons (Fsp3) is 0.571. The fourth-order valence-electron chi connectivity index (χ4n) is 2.80. The minimum Gasteiger partial charge on any atom is -0.395 e. The lowest BCUT2D eigenvalue weighted by molar-refractivity contribution is 0.188. The van der Waals surface area contributed by atoms with Gasteiger partial charge in [-0.05, 0) is 19.9 Å². The number of aryl methyl sites for hydroxylation is 2. The maximum absolute atomic E-state index is 9.00. The van der Waals surface area contributed by atoms with E-state index in [4.69, 9.17) is 5.11 Å². The van der Waals surface area contributed by atoms with Gasteiger partial charge in [-0.25, -0.2) is 9.97 Å². The minimum atomic E-state index is 0.230. The summed E-state index contributed by atoms with van der Waals surface area (Å²) in [5.74, 6) is 1.83. The molecule has 1 aliphatic heterocycles. The number of H-pyrrole nitrogens is 1. The van der Waals surface area contributed by atoms with Crippen molar-refractivity contribution >= 4 is 16.9 Å². The summed E-state index contributed by atoms with van der Waals surface area (Å²) >= 11 is 0. The molecule has 0 amide bonds. The number of aliphatic hydroxyl groups is 1. The van der Waals surface area contributed by atoms with E-state index >= 15 is 0 Å². The van der Waals surface area contributed by atoms with Crippen molar-refractivity contribution in [2.45, 2.75) is 13.8 Å². The van der Waals surface area contributed by atoms with Crippen molar-refractivity contribution in [1.29, 1.82) is 0 Å². The highest BCUT2D eigenvalue weighted by molar-refractivity contribution is 5.88. The van der Waals surface area contributed by atoms with Gasteiger partial charge in [0.15, 0.2) is 0 Å². The van der Waals surface area contributed by atoms with Crippen LogP contribution in [-0.2, 0) is 0 Å². The van der Waals surface area contributed by atoms with E-state index in [1.807, 2.05) is 13.8 Å². The topological polar surface area (TPSA) is 68.3 Å². The highest BCUT2D eigenvalue weighted by Crippen LogP contribution is 2.25. The van der Waals surface area contributed by atoms with Crippen LogP contribution in [0, 0.1) is 13.8 Å². The second-order valence-electron chi connectivity index (χ2n) is 5.36. The van der Waals surface area contributed by atoms with Crippen LogP contribution in [0.25, 0.3) is 11.0 Å². The van der Waals surface area contributed by atoms with Gasteiger partial charge in [0.05, 0.1) is 12.0 Å². The first kappa shape index (κ1) is 13.3. The van der Waals surface area contributed by atoms with Crippen LogP contribution in [0.1, 0.15) is 11.5 Å².